The van der Waals surface area contributed by atoms with Crippen LogP contribution >= 0.6 is 0 Å². The predicted octanol–water partition coefficient (Wildman–Crippen LogP) is 1.04. The molecule has 1 aliphatic rings. The van der Waals surface area contributed by atoms with E-state index in [0.717, 1.165) is 5.57 Å². The molecular weight excluding hydrogens is 258 g/mol. The van der Waals surface area contributed by atoms with Crippen molar-refractivity contribution in [1.82, 2.24) is 5.32 Å². The number of hydrogen-bond donors (Lipinski definition) is 2. The summed E-state index contributed by atoms with van der Waals surface area (Å²) in [6.07, 6.45) is 4.89. The molecule has 5 heteroatoms. The first-order valence-electron chi connectivity index (χ1n) is 6.94. The SMILES string of the molecule is CO[C@H]1/C=C/CNC(=O)CCOC/C(C)=C\[C@@H](C)[C@@H]1O. The van der Waals surface area contributed by atoms with Gasteiger partial charge in [-0.3, -0.25) is 4.79 Å². The highest BCUT2D eigenvalue weighted by Crippen LogP contribution is 2.15. The molecule has 0 aliphatic carbocycles. The van der Waals surface area contributed by atoms with Crippen LogP contribution in [0.25, 0.3) is 0 Å². The zero-order valence-electron chi connectivity index (χ0n) is 12.5. The number of ether oxygens (including phenoxy) is 2. The Hall–Kier alpha value is -1.17. The summed E-state index contributed by atoms with van der Waals surface area (Å²) in [5.74, 6) is -0.0815. The quantitative estimate of drug-likeness (QED) is 0.706. The lowest BCUT2D eigenvalue weighted by molar-refractivity contribution is -0.121. The van der Waals surface area contributed by atoms with Crippen LogP contribution in [0, 0.1) is 5.92 Å². The van der Waals surface area contributed by atoms with Gasteiger partial charge in [-0.2, -0.15) is 0 Å². The predicted molar refractivity (Wildman–Crippen MR) is 77.3 cm³/mol. The topological polar surface area (TPSA) is 67.8 Å². The van der Waals surface area contributed by atoms with Crippen LogP contribution < -0.4 is 5.32 Å². The molecule has 0 aromatic carbocycles. The Morgan fingerprint density at radius 2 is 2.25 bits per heavy atom. The monoisotopic (exact) mass is 283 g/mol. The standard InChI is InChI=1S/C15H25NO4/c1-11-9-12(2)15(18)13(19-3)5-4-7-16-14(17)6-8-20-10-11/h4-5,9,12-13,15,18H,6-8,10H2,1-3H3,(H,16,17)/b5-4+,11-9-/t12-,13+,15+/m1/s1. The first-order chi connectivity index (χ1) is 9.54. The van der Waals surface area contributed by atoms with Gasteiger partial charge in [0, 0.05) is 26.0 Å². The number of amides is 1. The van der Waals surface area contributed by atoms with Crippen molar-refractivity contribution in [3.8, 4) is 0 Å². The van der Waals surface area contributed by atoms with Crippen LogP contribution in [0.2, 0.25) is 0 Å². The van der Waals surface area contributed by atoms with Crippen LogP contribution in [0.4, 0.5) is 0 Å². The van der Waals surface area contributed by atoms with Gasteiger partial charge in [0.15, 0.2) is 0 Å². The average Bonchev–Trinajstić information content (AvgIpc) is 2.42. The van der Waals surface area contributed by atoms with Crippen LogP contribution in [0.15, 0.2) is 23.8 Å². The van der Waals surface area contributed by atoms with E-state index in [1.807, 2.05) is 19.9 Å². The number of aliphatic hydroxyl groups is 1. The second kappa shape index (κ2) is 8.89. The summed E-state index contributed by atoms with van der Waals surface area (Å²) in [5.41, 5.74) is 1.04. The fourth-order valence-electron chi connectivity index (χ4n) is 2.09. The first-order valence-corrected chi connectivity index (χ1v) is 6.94. The Balaban J connectivity index is 2.78. The third-order valence-electron chi connectivity index (χ3n) is 3.24. The van der Waals surface area contributed by atoms with Crippen LogP contribution in [-0.4, -0.2) is 50.1 Å². The molecule has 1 rings (SSSR count). The molecule has 1 amide bonds. The van der Waals surface area contributed by atoms with Gasteiger partial charge in [-0.15, -0.1) is 0 Å². The average molecular weight is 283 g/mol. The zero-order chi connectivity index (χ0) is 15.0. The highest BCUT2D eigenvalue weighted by atomic mass is 16.5. The van der Waals surface area contributed by atoms with Crippen LogP contribution in [0.5, 0.6) is 0 Å². The summed E-state index contributed by atoms with van der Waals surface area (Å²) >= 11 is 0. The molecule has 0 fully saturated rings. The second-order valence-electron chi connectivity index (χ2n) is 5.10. The van der Waals surface area contributed by atoms with Crippen molar-refractivity contribution >= 4 is 5.91 Å². The summed E-state index contributed by atoms with van der Waals surface area (Å²) in [6, 6.07) is 0. The molecule has 20 heavy (non-hydrogen) atoms. The van der Waals surface area contributed by atoms with Crippen molar-refractivity contribution in [2.75, 3.05) is 26.9 Å². The fourth-order valence-corrected chi connectivity index (χ4v) is 2.09. The third kappa shape index (κ3) is 5.86. The van der Waals surface area contributed by atoms with E-state index in [1.165, 1.54) is 0 Å². The first kappa shape index (κ1) is 16.9. The third-order valence-corrected chi connectivity index (χ3v) is 3.24. The van der Waals surface area contributed by atoms with Gasteiger partial charge in [0.1, 0.15) is 6.10 Å². The number of carbonyl (C=O) groups excluding carboxylic acids is 1. The second-order valence-corrected chi connectivity index (χ2v) is 5.10. The number of nitrogens with one attached hydrogen (secondary N) is 1. The molecule has 0 saturated heterocycles. The zero-order valence-corrected chi connectivity index (χ0v) is 12.5. The lowest BCUT2D eigenvalue weighted by Crippen LogP contribution is -2.32. The van der Waals surface area contributed by atoms with Gasteiger partial charge in [-0.25, -0.2) is 0 Å². The minimum atomic E-state index is -0.634. The van der Waals surface area contributed by atoms with Gasteiger partial charge >= 0.3 is 0 Å². The molecule has 0 radical (unpaired) electrons. The van der Waals surface area contributed by atoms with E-state index < -0.39 is 12.2 Å². The van der Waals surface area contributed by atoms with E-state index in [2.05, 4.69) is 5.32 Å². The molecule has 114 valence electrons. The molecule has 0 aromatic heterocycles. The van der Waals surface area contributed by atoms with Crippen molar-refractivity contribution in [3.05, 3.63) is 23.8 Å². The molecular formula is C15H25NO4. The van der Waals surface area contributed by atoms with Crippen molar-refractivity contribution in [2.24, 2.45) is 5.92 Å². The maximum Gasteiger partial charge on any atom is 0.222 e. The Labute approximate surface area is 120 Å². The molecule has 1 heterocycles. The molecule has 0 aromatic rings. The Morgan fingerprint density at radius 1 is 1.50 bits per heavy atom. The van der Waals surface area contributed by atoms with Crippen molar-refractivity contribution < 1.29 is 19.4 Å². The number of hydrogen-bond acceptors (Lipinski definition) is 4. The summed E-state index contributed by atoms with van der Waals surface area (Å²) in [4.78, 5) is 11.5. The van der Waals surface area contributed by atoms with Gasteiger partial charge in [0.2, 0.25) is 5.91 Å². The molecule has 0 saturated carbocycles. The molecule has 0 unspecified atom stereocenters. The highest BCUT2D eigenvalue weighted by molar-refractivity contribution is 5.76. The van der Waals surface area contributed by atoms with Crippen LogP contribution in [0.1, 0.15) is 20.3 Å². The lowest BCUT2D eigenvalue weighted by Gasteiger charge is -2.23. The summed E-state index contributed by atoms with van der Waals surface area (Å²) < 4.78 is 10.7. The minimum Gasteiger partial charge on any atom is -0.389 e. The number of rotatable bonds is 1. The van der Waals surface area contributed by atoms with E-state index in [1.54, 1.807) is 19.3 Å². The summed E-state index contributed by atoms with van der Waals surface area (Å²) in [7, 11) is 1.56. The fraction of sp³-hybridized carbons (Fsp3) is 0.667. The van der Waals surface area contributed by atoms with Gasteiger partial charge < -0.3 is 19.9 Å². The van der Waals surface area contributed by atoms with Gasteiger partial charge in [-0.05, 0) is 6.92 Å². The van der Waals surface area contributed by atoms with Crippen molar-refractivity contribution in [3.63, 3.8) is 0 Å². The highest BCUT2D eigenvalue weighted by Gasteiger charge is 2.21. The van der Waals surface area contributed by atoms with Crippen LogP contribution in [0.3, 0.4) is 0 Å². The van der Waals surface area contributed by atoms with E-state index >= 15 is 0 Å². The van der Waals surface area contributed by atoms with E-state index in [-0.39, 0.29) is 11.8 Å². The molecule has 3 atom stereocenters. The summed E-state index contributed by atoms with van der Waals surface area (Å²) in [6.45, 7) is 5.19. The largest absolute Gasteiger partial charge is 0.389 e. The Kier molecular flexibility index (Phi) is 7.51. The maximum atomic E-state index is 11.5. The van der Waals surface area contributed by atoms with E-state index in [0.29, 0.717) is 26.2 Å². The molecule has 1 aliphatic heterocycles. The number of carbonyl (C=O) groups is 1. The normalized spacial score (nSPS) is 34.5. The van der Waals surface area contributed by atoms with Gasteiger partial charge in [0.25, 0.3) is 0 Å². The molecule has 2 N–H and O–H groups in total. The molecule has 0 spiro atoms. The number of aliphatic hydroxyl groups excluding tert-OH is 1. The van der Waals surface area contributed by atoms with E-state index in [9.17, 15) is 9.90 Å². The van der Waals surface area contributed by atoms with Gasteiger partial charge in [0.05, 0.1) is 19.3 Å². The minimum absolute atomic E-state index is 0.0364. The maximum absolute atomic E-state index is 11.5. The Morgan fingerprint density at radius 3 is 2.95 bits per heavy atom. The lowest BCUT2D eigenvalue weighted by atomic mass is 9.97. The van der Waals surface area contributed by atoms with Crippen LogP contribution in [-0.2, 0) is 14.3 Å². The van der Waals surface area contributed by atoms with Gasteiger partial charge in [-0.1, -0.05) is 30.7 Å². The number of methoxy groups -OCH3 is 1. The van der Waals surface area contributed by atoms with Crippen molar-refractivity contribution in [1.29, 1.82) is 0 Å². The van der Waals surface area contributed by atoms with E-state index in [4.69, 9.17) is 9.47 Å². The molecule has 5 nitrogen and oxygen atoms in total. The Bertz CT molecular complexity index is 365. The molecule has 0 bridgehead atoms. The summed E-state index contributed by atoms with van der Waals surface area (Å²) in [5, 5.41) is 13.0. The smallest absolute Gasteiger partial charge is 0.222 e. The van der Waals surface area contributed by atoms with Crippen molar-refractivity contribution in [2.45, 2.75) is 32.5 Å².